The lowest BCUT2D eigenvalue weighted by molar-refractivity contribution is 0.102. The van der Waals surface area contributed by atoms with Crippen molar-refractivity contribution >= 4 is 33.0 Å². The Hall–Kier alpha value is -3.63. The average molecular weight is 537 g/mol. The van der Waals surface area contributed by atoms with Crippen molar-refractivity contribution in [3.63, 3.8) is 0 Å². The highest BCUT2D eigenvalue weighted by Gasteiger charge is 2.34. The first-order valence-electron chi connectivity index (χ1n) is 12.9. The fourth-order valence-electron chi connectivity index (χ4n) is 5.33. The van der Waals surface area contributed by atoms with Crippen LogP contribution in [0.25, 0.3) is 0 Å². The summed E-state index contributed by atoms with van der Waals surface area (Å²) in [6.45, 7) is 3.31. The molecule has 10 heteroatoms. The Kier molecular flexibility index (Phi) is 6.45. The zero-order valence-electron chi connectivity index (χ0n) is 20.9. The number of amides is 1. The molecule has 8 nitrogen and oxygen atoms in total. The van der Waals surface area contributed by atoms with Crippen LogP contribution in [-0.4, -0.2) is 57.9 Å². The lowest BCUT2D eigenvalue weighted by Gasteiger charge is -2.38. The predicted octanol–water partition coefficient (Wildman–Crippen LogP) is 4.68. The van der Waals surface area contributed by atoms with Gasteiger partial charge in [-0.15, -0.1) is 0 Å². The summed E-state index contributed by atoms with van der Waals surface area (Å²) in [4.78, 5) is 17.5. The van der Waals surface area contributed by atoms with E-state index < -0.39 is 15.9 Å². The van der Waals surface area contributed by atoms with Crippen LogP contribution in [-0.2, 0) is 10.0 Å². The van der Waals surface area contributed by atoms with Gasteiger partial charge in [-0.2, -0.15) is 4.31 Å². The molecule has 0 aliphatic carbocycles. The van der Waals surface area contributed by atoms with Crippen molar-refractivity contribution < 1.29 is 22.3 Å². The van der Waals surface area contributed by atoms with Crippen molar-refractivity contribution in [2.45, 2.75) is 24.2 Å². The summed E-state index contributed by atoms with van der Waals surface area (Å²) < 4.78 is 49.0. The van der Waals surface area contributed by atoms with Crippen LogP contribution >= 0.6 is 0 Å². The molecule has 0 radical (unpaired) electrons. The van der Waals surface area contributed by atoms with Gasteiger partial charge in [0, 0.05) is 51.0 Å². The van der Waals surface area contributed by atoms with Crippen LogP contribution in [0.3, 0.4) is 0 Å². The molecule has 3 aliphatic rings. The number of carbonyl (C=O) groups excluding carboxylic acids is 1. The number of piperidine rings is 1. The number of piperazine rings is 1. The van der Waals surface area contributed by atoms with Crippen molar-refractivity contribution in [2.75, 3.05) is 54.4 Å². The quantitative estimate of drug-likeness (QED) is 0.521. The van der Waals surface area contributed by atoms with Gasteiger partial charge in [-0.05, 0) is 55.3 Å². The third-order valence-corrected chi connectivity index (χ3v) is 9.33. The number of benzene rings is 3. The molecule has 1 N–H and O–H groups in total. The summed E-state index contributed by atoms with van der Waals surface area (Å²) >= 11 is 0. The number of halogens is 1. The Balaban J connectivity index is 1.39. The molecule has 198 valence electrons. The number of carbonyl (C=O) groups is 1. The van der Waals surface area contributed by atoms with E-state index in [1.807, 2.05) is 11.0 Å². The normalized spacial score (nSPS) is 18.2. The first-order chi connectivity index (χ1) is 18.4. The second-order valence-electron chi connectivity index (χ2n) is 9.78. The van der Waals surface area contributed by atoms with Crippen LogP contribution in [0.15, 0.2) is 65.6 Å². The van der Waals surface area contributed by atoms with Gasteiger partial charge in [-0.25, -0.2) is 12.8 Å². The maximum absolute atomic E-state index is 13.9. The fraction of sp³-hybridized carbons (Fsp3) is 0.321. The Morgan fingerprint density at radius 3 is 2.21 bits per heavy atom. The number of rotatable bonds is 4. The van der Waals surface area contributed by atoms with E-state index in [0.29, 0.717) is 62.1 Å². The van der Waals surface area contributed by atoms with E-state index in [0.717, 1.165) is 24.9 Å². The molecule has 0 spiro atoms. The molecule has 0 unspecified atom stereocenters. The molecule has 2 fully saturated rings. The minimum Gasteiger partial charge on any atom is -0.454 e. The largest absolute Gasteiger partial charge is 0.454 e. The van der Waals surface area contributed by atoms with Crippen molar-refractivity contribution in [1.82, 2.24) is 4.31 Å². The lowest BCUT2D eigenvalue weighted by Crippen LogP contribution is -2.47. The van der Waals surface area contributed by atoms with Gasteiger partial charge in [0.2, 0.25) is 10.0 Å². The maximum atomic E-state index is 13.9. The summed E-state index contributed by atoms with van der Waals surface area (Å²) in [5.41, 5.74) is 2.17. The van der Waals surface area contributed by atoms with Crippen LogP contribution in [0.2, 0.25) is 0 Å². The van der Waals surface area contributed by atoms with Crippen LogP contribution < -0.4 is 19.9 Å². The minimum atomic E-state index is -3.85. The van der Waals surface area contributed by atoms with Gasteiger partial charge < -0.3 is 19.9 Å². The molecular formula is C28H29FN4O4S. The Labute approximate surface area is 221 Å². The van der Waals surface area contributed by atoms with Gasteiger partial charge in [-0.3, -0.25) is 4.79 Å². The number of hydrogen-bond donors (Lipinski definition) is 1. The number of sulfonamides is 1. The second-order valence-corrected chi connectivity index (χ2v) is 11.7. The number of hydrogen-bond acceptors (Lipinski definition) is 6. The zero-order valence-corrected chi connectivity index (χ0v) is 21.7. The summed E-state index contributed by atoms with van der Waals surface area (Å²) in [5.74, 6) is 0.127. The van der Waals surface area contributed by atoms with E-state index in [-0.39, 0.29) is 16.3 Å². The molecule has 3 aromatic rings. The van der Waals surface area contributed by atoms with E-state index in [9.17, 15) is 17.6 Å². The van der Waals surface area contributed by atoms with Gasteiger partial charge in [0.15, 0.2) is 5.75 Å². The molecule has 1 amide bonds. The number of nitrogens with one attached hydrogen (secondary N) is 1. The van der Waals surface area contributed by atoms with Crippen LogP contribution in [0, 0.1) is 5.82 Å². The molecule has 6 rings (SSSR count). The molecule has 0 saturated carbocycles. The van der Waals surface area contributed by atoms with Gasteiger partial charge in [-0.1, -0.05) is 18.6 Å². The fourth-order valence-corrected chi connectivity index (χ4v) is 7.07. The SMILES string of the molecule is O=C1Nc2ccccc2Oc2cc(N3CCN(c4ccc(F)cc4)CC3)c(S(=O)(=O)N3CCCCC3)cc21. The number of para-hydroxylation sites is 2. The molecular weight excluding hydrogens is 507 g/mol. The summed E-state index contributed by atoms with van der Waals surface area (Å²) in [5, 5.41) is 2.84. The van der Waals surface area contributed by atoms with E-state index in [2.05, 4.69) is 10.2 Å². The minimum absolute atomic E-state index is 0.123. The van der Waals surface area contributed by atoms with E-state index in [1.165, 1.54) is 22.5 Å². The van der Waals surface area contributed by atoms with Crippen molar-refractivity contribution in [1.29, 1.82) is 0 Å². The molecule has 3 aliphatic heterocycles. The van der Waals surface area contributed by atoms with Gasteiger partial charge in [0.25, 0.3) is 5.91 Å². The predicted molar refractivity (Wildman–Crippen MR) is 144 cm³/mol. The summed E-state index contributed by atoms with van der Waals surface area (Å²) in [6, 6.07) is 16.7. The number of fused-ring (bicyclic) bond motifs is 2. The molecule has 3 heterocycles. The topological polar surface area (TPSA) is 82.2 Å². The van der Waals surface area contributed by atoms with E-state index in [1.54, 1.807) is 36.4 Å². The van der Waals surface area contributed by atoms with Crippen LogP contribution in [0.4, 0.5) is 21.5 Å². The lowest BCUT2D eigenvalue weighted by atomic mass is 10.1. The smallest absolute Gasteiger partial charge is 0.259 e. The molecule has 38 heavy (non-hydrogen) atoms. The summed E-state index contributed by atoms with van der Waals surface area (Å²) in [6.07, 6.45) is 2.63. The Morgan fingerprint density at radius 1 is 0.789 bits per heavy atom. The highest BCUT2D eigenvalue weighted by atomic mass is 32.2. The second kappa shape index (κ2) is 9.92. The number of anilines is 3. The van der Waals surface area contributed by atoms with Crippen LogP contribution in [0.5, 0.6) is 11.5 Å². The third-order valence-electron chi connectivity index (χ3n) is 7.41. The van der Waals surface area contributed by atoms with Gasteiger partial charge in [0.05, 0.1) is 16.9 Å². The van der Waals surface area contributed by atoms with Gasteiger partial charge in [0.1, 0.15) is 16.5 Å². The van der Waals surface area contributed by atoms with E-state index in [4.69, 9.17) is 4.74 Å². The Morgan fingerprint density at radius 2 is 1.47 bits per heavy atom. The molecule has 2 saturated heterocycles. The van der Waals surface area contributed by atoms with Gasteiger partial charge >= 0.3 is 0 Å². The Bertz CT molecular complexity index is 1460. The maximum Gasteiger partial charge on any atom is 0.259 e. The number of nitrogens with zero attached hydrogens (tertiary/aromatic N) is 3. The monoisotopic (exact) mass is 536 g/mol. The zero-order chi connectivity index (χ0) is 26.3. The highest BCUT2D eigenvalue weighted by molar-refractivity contribution is 7.89. The molecule has 0 bridgehead atoms. The standard InChI is InChI=1S/C28H29FN4O4S/c29-20-8-10-21(11-9-20)31-14-16-32(17-15-31)24-19-26-22(28(34)30-23-6-2-3-7-25(23)37-26)18-27(24)38(35,36)33-12-4-1-5-13-33/h2-3,6-11,18-19H,1,4-5,12-17H2,(H,30,34). The summed E-state index contributed by atoms with van der Waals surface area (Å²) in [7, 11) is -3.85. The molecule has 0 aromatic heterocycles. The van der Waals surface area contributed by atoms with Crippen molar-refractivity contribution in [3.8, 4) is 11.5 Å². The highest BCUT2D eigenvalue weighted by Crippen LogP contribution is 2.41. The van der Waals surface area contributed by atoms with Crippen molar-refractivity contribution in [3.05, 3.63) is 72.0 Å². The molecule has 3 aromatic carbocycles. The molecule has 0 atom stereocenters. The third kappa shape index (κ3) is 4.58. The van der Waals surface area contributed by atoms with Crippen molar-refractivity contribution in [2.24, 2.45) is 0 Å². The average Bonchev–Trinajstić information content (AvgIpc) is 3.08. The van der Waals surface area contributed by atoms with Crippen LogP contribution in [0.1, 0.15) is 29.6 Å². The van der Waals surface area contributed by atoms with E-state index >= 15 is 0 Å². The first kappa shape index (κ1) is 24.7. The first-order valence-corrected chi connectivity index (χ1v) is 14.4. The number of ether oxygens (including phenoxy) is 1.